The third-order valence-electron chi connectivity index (χ3n) is 1.96. The summed E-state index contributed by atoms with van der Waals surface area (Å²) in [5.41, 5.74) is 4.82. The van der Waals surface area contributed by atoms with E-state index in [0.29, 0.717) is 0 Å². The fourth-order valence-electron chi connectivity index (χ4n) is 1.23. The number of benzene rings is 1. The van der Waals surface area contributed by atoms with E-state index in [1.807, 2.05) is 0 Å². The maximum Gasteiger partial charge on any atom is 0.171 e. The van der Waals surface area contributed by atoms with Gasteiger partial charge in [0.2, 0.25) is 0 Å². The van der Waals surface area contributed by atoms with Crippen molar-refractivity contribution in [2.24, 2.45) is 5.73 Å². The van der Waals surface area contributed by atoms with E-state index in [0.717, 1.165) is 6.07 Å². The molecule has 1 rings (SSSR count). The lowest BCUT2D eigenvalue weighted by Gasteiger charge is -2.08. The van der Waals surface area contributed by atoms with Gasteiger partial charge in [0.05, 0.1) is 12.7 Å². The lowest BCUT2D eigenvalue weighted by Crippen LogP contribution is -2.10. The summed E-state index contributed by atoms with van der Waals surface area (Å²) in [4.78, 5) is 11.4. The highest BCUT2D eigenvalue weighted by Gasteiger charge is 2.19. The van der Waals surface area contributed by atoms with Gasteiger partial charge in [-0.2, -0.15) is 0 Å². The summed E-state index contributed by atoms with van der Waals surface area (Å²) in [5.74, 6) is -1.72. The van der Waals surface area contributed by atoms with Crippen LogP contribution in [0.3, 0.4) is 0 Å². The molecule has 0 bridgehead atoms. The third kappa shape index (κ3) is 2.24. The molecule has 15 heavy (non-hydrogen) atoms. The largest absolute Gasteiger partial charge is 0.504 e. The number of Topliss-reactive ketones (excluding diaryl/α,β-unsaturated/α-hetero) is 1. The summed E-state index contributed by atoms with van der Waals surface area (Å²) in [5, 5.41) is 9.54. The first-order valence-corrected chi connectivity index (χ1v) is 4.40. The van der Waals surface area contributed by atoms with E-state index < -0.39 is 17.3 Å². The minimum Gasteiger partial charge on any atom is -0.504 e. The van der Waals surface area contributed by atoms with Gasteiger partial charge in [-0.1, -0.05) is 0 Å². The topological polar surface area (TPSA) is 72.5 Å². The number of carbonyl (C=O) groups is 1. The fraction of sp³-hybridized carbons (Fsp3) is 0.300. The van der Waals surface area contributed by atoms with E-state index in [1.54, 1.807) is 0 Å². The molecule has 0 saturated heterocycles. The molecule has 0 aliphatic heterocycles. The molecule has 1 aromatic carbocycles. The van der Waals surface area contributed by atoms with E-state index in [9.17, 15) is 14.3 Å². The molecule has 0 aliphatic carbocycles. The minimum absolute atomic E-state index is 0.0162. The van der Waals surface area contributed by atoms with Crippen molar-refractivity contribution >= 4 is 5.78 Å². The van der Waals surface area contributed by atoms with Crippen LogP contribution in [0.2, 0.25) is 0 Å². The average molecular weight is 213 g/mol. The first-order valence-electron chi connectivity index (χ1n) is 4.40. The van der Waals surface area contributed by atoms with Crippen LogP contribution in [-0.4, -0.2) is 24.5 Å². The number of phenolic OH excluding ortho intramolecular Hbond substituents is 1. The van der Waals surface area contributed by atoms with Crippen LogP contribution in [0.4, 0.5) is 4.39 Å². The van der Waals surface area contributed by atoms with Crippen LogP contribution in [0.15, 0.2) is 12.1 Å². The summed E-state index contributed by atoms with van der Waals surface area (Å²) < 4.78 is 18.0. The van der Waals surface area contributed by atoms with Gasteiger partial charge < -0.3 is 15.6 Å². The molecule has 0 heterocycles. The summed E-state index contributed by atoms with van der Waals surface area (Å²) >= 11 is 0. The van der Waals surface area contributed by atoms with Crippen molar-refractivity contribution in [1.82, 2.24) is 0 Å². The molecule has 82 valence electrons. The Labute approximate surface area is 86.5 Å². The molecule has 3 N–H and O–H groups in total. The van der Waals surface area contributed by atoms with E-state index >= 15 is 0 Å². The highest BCUT2D eigenvalue weighted by atomic mass is 19.1. The number of rotatable bonds is 4. The van der Waals surface area contributed by atoms with Gasteiger partial charge in [-0.15, -0.1) is 0 Å². The predicted molar refractivity (Wildman–Crippen MR) is 52.6 cm³/mol. The van der Waals surface area contributed by atoms with Crippen LogP contribution in [0.25, 0.3) is 0 Å². The third-order valence-corrected chi connectivity index (χ3v) is 1.96. The van der Waals surface area contributed by atoms with Gasteiger partial charge in [0.25, 0.3) is 0 Å². The Kier molecular flexibility index (Phi) is 3.62. The molecule has 0 radical (unpaired) electrons. The molecule has 0 saturated carbocycles. The number of nitrogens with two attached hydrogens (primary N) is 1. The van der Waals surface area contributed by atoms with Crippen molar-refractivity contribution in [3.63, 3.8) is 0 Å². The van der Waals surface area contributed by atoms with Crippen molar-refractivity contribution in [2.45, 2.75) is 6.42 Å². The SMILES string of the molecule is COc1ccc(F)c(C(=O)CCN)c1O. The highest BCUT2D eigenvalue weighted by Crippen LogP contribution is 2.32. The van der Waals surface area contributed by atoms with Crippen molar-refractivity contribution in [3.8, 4) is 11.5 Å². The molecule has 0 amide bonds. The second-order valence-corrected chi connectivity index (χ2v) is 2.94. The lowest BCUT2D eigenvalue weighted by molar-refractivity contribution is 0.0978. The molecule has 5 heteroatoms. The maximum absolute atomic E-state index is 13.3. The van der Waals surface area contributed by atoms with Gasteiger partial charge in [-0.3, -0.25) is 4.79 Å². The number of phenols is 1. The van der Waals surface area contributed by atoms with Crippen molar-refractivity contribution in [3.05, 3.63) is 23.5 Å². The summed E-state index contributed by atoms with van der Waals surface area (Å²) in [6.07, 6.45) is -0.0162. The number of methoxy groups -OCH3 is 1. The zero-order valence-electron chi connectivity index (χ0n) is 8.29. The molecule has 0 unspecified atom stereocenters. The Bertz CT molecular complexity index is 379. The molecular formula is C10H12FNO3. The van der Waals surface area contributed by atoms with E-state index in [1.165, 1.54) is 13.2 Å². The standard InChI is InChI=1S/C10H12FNO3/c1-15-8-3-2-6(11)9(10(8)14)7(13)4-5-12/h2-3,14H,4-5,12H2,1H3. The van der Waals surface area contributed by atoms with Crippen LogP contribution >= 0.6 is 0 Å². The Morgan fingerprint density at radius 1 is 1.60 bits per heavy atom. The minimum atomic E-state index is -0.772. The lowest BCUT2D eigenvalue weighted by atomic mass is 10.1. The predicted octanol–water partition coefficient (Wildman–Crippen LogP) is 1.07. The number of hydrogen-bond acceptors (Lipinski definition) is 4. The van der Waals surface area contributed by atoms with Gasteiger partial charge in [0.15, 0.2) is 17.3 Å². The molecule has 0 fully saturated rings. The summed E-state index contributed by atoms with van der Waals surface area (Å²) in [6, 6.07) is 2.33. The summed E-state index contributed by atoms with van der Waals surface area (Å²) in [7, 11) is 1.32. The highest BCUT2D eigenvalue weighted by molar-refractivity contribution is 5.99. The molecule has 4 nitrogen and oxygen atoms in total. The quantitative estimate of drug-likeness (QED) is 0.734. The molecule has 1 aromatic rings. The molecule has 0 spiro atoms. The zero-order valence-corrected chi connectivity index (χ0v) is 8.29. The van der Waals surface area contributed by atoms with Gasteiger partial charge >= 0.3 is 0 Å². The van der Waals surface area contributed by atoms with Gasteiger partial charge in [-0.05, 0) is 18.7 Å². The number of aromatic hydroxyl groups is 1. The zero-order chi connectivity index (χ0) is 11.4. The van der Waals surface area contributed by atoms with Gasteiger partial charge in [0.1, 0.15) is 5.82 Å². The second-order valence-electron chi connectivity index (χ2n) is 2.94. The molecule has 0 aromatic heterocycles. The smallest absolute Gasteiger partial charge is 0.171 e. The first kappa shape index (κ1) is 11.5. The Morgan fingerprint density at radius 2 is 2.27 bits per heavy atom. The van der Waals surface area contributed by atoms with Crippen LogP contribution in [0.1, 0.15) is 16.8 Å². The van der Waals surface area contributed by atoms with Crippen LogP contribution in [-0.2, 0) is 0 Å². The number of ketones is 1. The van der Waals surface area contributed by atoms with Gasteiger partial charge in [-0.25, -0.2) is 4.39 Å². The van der Waals surface area contributed by atoms with Crippen LogP contribution in [0, 0.1) is 5.82 Å². The number of carbonyl (C=O) groups excluding carboxylic acids is 1. The first-order chi connectivity index (χ1) is 7.11. The Morgan fingerprint density at radius 3 is 2.80 bits per heavy atom. The van der Waals surface area contributed by atoms with Crippen LogP contribution < -0.4 is 10.5 Å². The number of halogens is 1. The number of ether oxygens (including phenoxy) is 1. The number of hydrogen-bond donors (Lipinski definition) is 2. The monoisotopic (exact) mass is 213 g/mol. The van der Waals surface area contributed by atoms with Crippen molar-refractivity contribution < 1.29 is 19.0 Å². The maximum atomic E-state index is 13.3. The average Bonchev–Trinajstić information content (AvgIpc) is 2.18. The van der Waals surface area contributed by atoms with Crippen LogP contribution in [0.5, 0.6) is 11.5 Å². The van der Waals surface area contributed by atoms with E-state index in [2.05, 4.69) is 0 Å². The normalized spacial score (nSPS) is 10.1. The van der Waals surface area contributed by atoms with E-state index in [-0.39, 0.29) is 24.3 Å². The van der Waals surface area contributed by atoms with Crippen molar-refractivity contribution in [2.75, 3.05) is 13.7 Å². The van der Waals surface area contributed by atoms with E-state index in [4.69, 9.17) is 10.5 Å². The fourth-order valence-corrected chi connectivity index (χ4v) is 1.23. The second kappa shape index (κ2) is 4.75. The Hall–Kier alpha value is -1.62. The van der Waals surface area contributed by atoms with Gasteiger partial charge in [0, 0.05) is 6.42 Å². The summed E-state index contributed by atoms with van der Waals surface area (Å²) in [6.45, 7) is 0.106. The Balaban J connectivity index is 3.20. The van der Waals surface area contributed by atoms with Crippen molar-refractivity contribution in [1.29, 1.82) is 0 Å². The molecule has 0 atom stereocenters. The molecular weight excluding hydrogens is 201 g/mol. The molecule has 0 aliphatic rings.